The van der Waals surface area contributed by atoms with Gasteiger partial charge in [0, 0.05) is 13.2 Å². The summed E-state index contributed by atoms with van der Waals surface area (Å²) in [5.74, 6) is -0.451. The highest BCUT2D eigenvalue weighted by Crippen LogP contribution is 2.29. The Balaban J connectivity index is 2.71. The van der Waals surface area contributed by atoms with E-state index in [2.05, 4.69) is 4.98 Å². The van der Waals surface area contributed by atoms with Gasteiger partial charge >= 0.3 is 0 Å². The van der Waals surface area contributed by atoms with Crippen molar-refractivity contribution in [2.24, 2.45) is 5.92 Å². The number of nitrogens with zero attached hydrogens (tertiary/aromatic N) is 2. The molecular weight excluding hydrogens is 286 g/mol. The Morgan fingerprint density at radius 3 is 2.60 bits per heavy atom. The number of halogens is 3. The van der Waals surface area contributed by atoms with Crippen molar-refractivity contribution in [2.75, 3.05) is 13.7 Å². The zero-order valence-electron chi connectivity index (χ0n) is 11.7. The fourth-order valence-electron chi connectivity index (χ4n) is 2.37. The number of benzene rings is 1. The van der Waals surface area contributed by atoms with Gasteiger partial charge in [-0.15, -0.1) is 11.6 Å². The summed E-state index contributed by atoms with van der Waals surface area (Å²) in [6.45, 7) is 4.46. The van der Waals surface area contributed by atoms with Crippen LogP contribution >= 0.6 is 11.6 Å². The molecule has 1 heterocycles. The van der Waals surface area contributed by atoms with Gasteiger partial charge in [-0.1, -0.05) is 13.8 Å². The fraction of sp³-hybridized carbons (Fsp3) is 0.500. The number of rotatable bonds is 5. The smallest absolute Gasteiger partial charge is 0.153 e. The van der Waals surface area contributed by atoms with Crippen molar-refractivity contribution < 1.29 is 13.5 Å². The second-order valence-electron chi connectivity index (χ2n) is 5.05. The second kappa shape index (κ2) is 6.06. The summed E-state index contributed by atoms with van der Waals surface area (Å²) >= 11 is 5.90. The van der Waals surface area contributed by atoms with E-state index in [9.17, 15) is 8.78 Å². The lowest BCUT2D eigenvalue weighted by atomic mass is 10.0. The number of ether oxygens (including phenoxy) is 1. The first kappa shape index (κ1) is 15.2. The molecule has 1 atom stereocenters. The average molecular weight is 303 g/mol. The molecule has 0 aliphatic heterocycles. The monoisotopic (exact) mass is 302 g/mol. The van der Waals surface area contributed by atoms with Crippen LogP contribution in [0.3, 0.4) is 0 Å². The predicted octanol–water partition coefficient (Wildman–Crippen LogP) is 3.90. The summed E-state index contributed by atoms with van der Waals surface area (Å²) in [4.78, 5) is 4.19. The summed E-state index contributed by atoms with van der Waals surface area (Å²) in [5, 5.41) is 0. The van der Waals surface area contributed by atoms with E-state index in [0.29, 0.717) is 17.9 Å². The summed E-state index contributed by atoms with van der Waals surface area (Å²) in [6.07, 6.45) is 0. The van der Waals surface area contributed by atoms with Crippen LogP contribution in [-0.2, 0) is 10.6 Å². The van der Waals surface area contributed by atoms with Crippen molar-refractivity contribution in [2.45, 2.75) is 25.8 Å². The van der Waals surface area contributed by atoms with Crippen molar-refractivity contribution >= 4 is 22.6 Å². The van der Waals surface area contributed by atoms with Crippen LogP contribution < -0.4 is 0 Å². The van der Waals surface area contributed by atoms with Crippen LogP contribution in [0, 0.1) is 17.6 Å². The highest BCUT2D eigenvalue weighted by atomic mass is 35.5. The van der Waals surface area contributed by atoms with E-state index in [1.807, 2.05) is 13.8 Å². The van der Waals surface area contributed by atoms with Crippen LogP contribution in [0.1, 0.15) is 25.7 Å². The van der Waals surface area contributed by atoms with Crippen LogP contribution in [0.25, 0.3) is 11.0 Å². The molecule has 0 spiro atoms. The topological polar surface area (TPSA) is 27.1 Å². The van der Waals surface area contributed by atoms with Crippen LogP contribution in [0.2, 0.25) is 0 Å². The summed E-state index contributed by atoms with van der Waals surface area (Å²) in [5.41, 5.74) is 0.553. The number of alkyl halides is 1. The Kier molecular flexibility index (Phi) is 4.60. The molecule has 0 fully saturated rings. The van der Waals surface area contributed by atoms with Crippen LogP contribution in [0.4, 0.5) is 8.78 Å². The predicted molar refractivity (Wildman–Crippen MR) is 75.0 cm³/mol. The molecule has 110 valence electrons. The molecule has 6 heteroatoms. The largest absolute Gasteiger partial charge is 0.383 e. The lowest BCUT2D eigenvalue weighted by Crippen LogP contribution is -2.22. The molecular formula is C14H17ClF2N2O. The van der Waals surface area contributed by atoms with Crippen molar-refractivity contribution in [1.82, 2.24) is 9.55 Å². The van der Waals surface area contributed by atoms with Crippen LogP contribution in [0.15, 0.2) is 12.1 Å². The van der Waals surface area contributed by atoms with E-state index in [0.717, 1.165) is 6.07 Å². The molecule has 1 aromatic heterocycles. The molecule has 2 rings (SSSR count). The number of imidazole rings is 1. The minimum atomic E-state index is -0.676. The molecule has 2 aromatic rings. The Morgan fingerprint density at radius 1 is 1.35 bits per heavy atom. The average Bonchev–Trinajstić information content (AvgIpc) is 2.74. The molecule has 0 saturated carbocycles. The van der Waals surface area contributed by atoms with Gasteiger partial charge in [0.05, 0.1) is 24.0 Å². The molecule has 20 heavy (non-hydrogen) atoms. The molecule has 0 bridgehead atoms. The van der Waals surface area contributed by atoms with Crippen molar-refractivity contribution in [3.63, 3.8) is 0 Å². The standard InChI is InChI=1S/C14H17ClF2N2O/c1-8(2)12(7-20-3)19-11-5-9(16)4-10(17)14(11)18-13(19)6-15/h4-5,8,12H,6-7H2,1-3H3. The van der Waals surface area contributed by atoms with Crippen LogP contribution in [0.5, 0.6) is 0 Å². The Labute approximate surface area is 121 Å². The quantitative estimate of drug-likeness (QED) is 0.783. The minimum absolute atomic E-state index is 0.0834. The Bertz CT molecular complexity index is 613. The number of aromatic nitrogens is 2. The summed E-state index contributed by atoms with van der Waals surface area (Å²) < 4.78 is 34.3. The van der Waals surface area contributed by atoms with Crippen molar-refractivity contribution in [1.29, 1.82) is 0 Å². The molecule has 0 saturated heterocycles. The zero-order valence-corrected chi connectivity index (χ0v) is 12.4. The maximum absolute atomic E-state index is 13.8. The third-order valence-electron chi connectivity index (χ3n) is 3.34. The SMILES string of the molecule is COCC(C(C)C)n1c(CCl)nc2c(F)cc(F)cc21. The van der Waals surface area contributed by atoms with Gasteiger partial charge in [0.25, 0.3) is 0 Å². The van der Waals surface area contributed by atoms with E-state index in [-0.39, 0.29) is 23.4 Å². The maximum atomic E-state index is 13.8. The molecule has 3 nitrogen and oxygen atoms in total. The van der Waals surface area contributed by atoms with Gasteiger partial charge in [-0.3, -0.25) is 0 Å². The van der Waals surface area contributed by atoms with Gasteiger partial charge in [-0.05, 0) is 12.0 Å². The third kappa shape index (κ3) is 2.65. The second-order valence-corrected chi connectivity index (χ2v) is 5.32. The number of fused-ring (bicyclic) bond motifs is 1. The first-order valence-electron chi connectivity index (χ1n) is 6.40. The molecule has 0 N–H and O–H groups in total. The Morgan fingerprint density at radius 2 is 2.05 bits per heavy atom. The van der Waals surface area contributed by atoms with Gasteiger partial charge in [0.1, 0.15) is 17.2 Å². The van der Waals surface area contributed by atoms with E-state index >= 15 is 0 Å². The third-order valence-corrected chi connectivity index (χ3v) is 3.58. The van der Waals surface area contributed by atoms with E-state index in [1.165, 1.54) is 6.07 Å². The lowest BCUT2D eigenvalue weighted by Gasteiger charge is -2.24. The molecule has 0 radical (unpaired) electrons. The van der Waals surface area contributed by atoms with Gasteiger partial charge in [0.15, 0.2) is 5.82 Å². The molecule has 0 aliphatic carbocycles. The lowest BCUT2D eigenvalue weighted by molar-refractivity contribution is 0.134. The van der Waals surface area contributed by atoms with Crippen molar-refractivity contribution in [3.05, 3.63) is 29.6 Å². The van der Waals surface area contributed by atoms with Gasteiger partial charge in [-0.25, -0.2) is 13.8 Å². The number of methoxy groups -OCH3 is 1. The number of hydrogen-bond donors (Lipinski definition) is 0. The fourth-order valence-corrected chi connectivity index (χ4v) is 2.56. The number of hydrogen-bond acceptors (Lipinski definition) is 2. The highest BCUT2D eigenvalue weighted by molar-refractivity contribution is 6.16. The zero-order chi connectivity index (χ0) is 14.9. The van der Waals surface area contributed by atoms with E-state index < -0.39 is 11.6 Å². The minimum Gasteiger partial charge on any atom is -0.383 e. The Hall–Kier alpha value is -1.20. The van der Waals surface area contributed by atoms with Gasteiger partial charge < -0.3 is 9.30 Å². The summed E-state index contributed by atoms with van der Waals surface area (Å²) in [6, 6.07) is 2.03. The first-order valence-corrected chi connectivity index (χ1v) is 6.93. The van der Waals surface area contributed by atoms with Crippen molar-refractivity contribution in [3.8, 4) is 0 Å². The van der Waals surface area contributed by atoms with Gasteiger partial charge in [0.2, 0.25) is 0 Å². The first-order chi connectivity index (χ1) is 9.49. The molecule has 1 aromatic carbocycles. The van der Waals surface area contributed by atoms with E-state index in [4.69, 9.17) is 16.3 Å². The molecule has 0 amide bonds. The highest BCUT2D eigenvalue weighted by Gasteiger charge is 2.23. The summed E-state index contributed by atoms with van der Waals surface area (Å²) in [7, 11) is 1.59. The van der Waals surface area contributed by atoms with Gasteiger partial charge in [-0.2, -0.15) is 0 Å². The normalized spacial score (nSPS) is 13.3. The molecule has 0 aliphatic rings. The molecule has 1 unspecified atom stereocenters. The maximum Gasteiger partial charge on any atom is 0.153 e. The van der Waals surface area contributed by atoms with E-state index in [1.54, 1.807) is 11.7 Å². The van der Waals surface area contributed by atoms with Crippen LogP contribution in [-0.4, -0.2) is 23.3 Å².